The zero-order chi connectivity index (χ0) is 17.3. The Balaban J connectivity index is 5.70. The second-order valence-electron chi connectivity index (χ2n) is 6.51. The summed E-state index contributed by atoms with van der Waals surface area (Å²) in [6.45, 7) is 0. The van der Waals surface area contributed by atoms with E-state index in [9.17, 15) is 0 Å². The van der Waals surface area contributed by atoms with Crippen LogP contribution in [0.15, 0.2) is 0 Å². The summed E-state index contributed by atoms with van der Waals surface area (Å²) in [5.74, 6) is 23.2. The van der Waals surface area contributed by atoms with Crippen molar-refractivity contribution in [2.75, 3.05) is 56.4 Å². The molecule has 0 unspecified atom stereocenters. The van der Waals surface area contributed by atoms with Gasteiger partial charge in [0.2, 0.25) is 0 Å². The van der Waals surface area contributed by atoms with Crippen molar-refractivity contribution in [2.45, 2.75) is 0 Å². The Hall–Kier alpha value is -0.520. The molecular formula is C8H32N9O4+5. The second-order valence-corrected chi connectivity index (χ2v) is 6.51. The first kappa shape index (κ1) is 20.5. The van der Waals surface area contributed by atoms with E-state index in [1.807, 2.05) is 0 Å². The summed E-state index contributed by atoms with van der Waals surface area (Å²) in [6.07, 6.45) is 0. The number of quaternary nitrogens is 5. The zero-order valence-corrected chi connectivity index (χ0v) is 14.2. The van der Waals surface area contributed by atoms with Gasteiger partial charge in [0.1, 0.15) is 76.1 Å². The smallest absolute Gasteiger partial charge is 0.143 e. The van der Waals surface area contributed by atoms with Crippen LogP contribution >= 0.6 is 0 Å². The molecule has 0 aliphatic rings. The predicted octanol–water partition coefficient (Wildman–Crippen LogP) is -3.01. The molecule has 128 valence electrons. The molecule has 0 aliphatic carbocycles. The molecule has 0 amide bonds. The molecule has 0 rings (SSSR count). The van der Waals surface area contributed by atoms with E-state index in [4.69, 9.17) is 43.1 Å². The molecule has 0 aromatic heterocycles. The van der Waals surface area contributed by atoms with Crippen molar-refractivity contribution < 1.29 is 43.9 Å². The fourth-order valence-corrected chi connectivity index (χ4v) is 1.12. The van der Waals surface area contributed by atoms with E-state index in [1.165, 1.54) is 56.4 Å². The summed E-state index contributed by atoms with van der Waals surface area (Å²) in [5, 5.41) is -1.38. The van der Waals surface area contributed by atoms with Gasteiger partial charge in [0.05, 0.1) is 0 Å². The lowest BCUT2D eigenvalue weighted by Crippen LogP contribution is -2.73. The van der Waals surface area contributed by atoms with E-state index in [0.717, 1.165) is 0 Å². The molecule has 8 N–H and O–H groups in total. The minimum atomic E-state index is -1.38. The number of hydrogen-bond donors (Lipinski definition) is 4. The lowest BCUT2D eigenvalue weighted by molar-refractivity contribution is -1.72. The molecule has 13 heteroatoms. The quantitative estimate of drug-likeness (QED) is 0.211. The SMILES string of the molecule is C[N+](C)(N)O[N+](O[N+](C)(C)N)(O[N+](C)(C)N)O[N+](C)(C)N. The molecule has 0 aliphatic heterocycles. The topological polar surface area (TPSA) is 141 Å². The van der Waals surface area contributed by atoms with Gasteiger partial charge in [-0.15, -0.1) is 23.4 Å². The van der Waals surface area contributed by atoms with Gasteiger partial charge in [0, 0.05) is 0 Å². The fourth-order valence-electron chi connectivity index (χ4n) is 1.12. The molecule has 0 saturated carbocycles. The molecule has 0 aromatic rings. The molecule has 21 heavy (non-hydrogen) atoms. The molecule has 0 bridgehead atoms. The molecule has 13 nitrogen and oxygen atoms in total. The first-order chi connectivity index (χ1) is 8.83. The molecule has 0 heterocycles. The van der Waals surface area contributed by atoms with Crippen LogP contribution in [0.3, 0.4) is 0 Å². The van der Waals surface area contributed by atoms with Crippen LogP contribution in [0.2, 0.25) is 0 Å². The number of nitrogens with two attached hydrogens (primary N) is 4. The Labute approximate surface area is 124 Å². The monoisotopic (exact) mass is 318 g/mol. The third-order valence-electron chi connectivity index (χ3n) is 1.24. The highest BCUT2D eigenvalue weighted by Gasteiger charge is 2.64. The molecule has 0 saturated heterocycles. The van der Waals surface area contributed by atoms with Crippen LogP contribution in [0.5, 0.6) is 0 Å². The highest BCUT2D eigenvalue weighted by Crippen LogP contribution is 2.22. The Bertz CT molecular complexity index is 268. The van der Waals surface area contributed by atoms with Gasteiger partial charge in [-0.3, -0.25) is 0 Å². The van der Waals surface area contributed by atoms with E-state index in [1.54, 1.807) is 0 Å². The molecule has 0 fully saturated rings. The third-order valence-corrected chi connectivity index (χ3v) is 1.24. The van der Waals surface area contributed by atoms with Crippen molar-refractivity contribution in [3.8, 4) is 0 Å². The first-order valence-corrected chi connectivity index (χ1v) is 6.07. The molecule has 0 atom stereocenters. The van der Waals surface area contributed by atoms with Crippen molar-refractivity contribution in [1.82, 2.24) is 0 Å². The standard InChI is InChI=1S/C8H32N9O4/c1-13(2,9)18-17(19-14(3,4)10,20-15(5,6)11)21-16(7,8)12/h9-12H2,1-8H3/q+5. The summed E-state index contributed by atoms with van der Waals surface area (Å²) in [7, 11) is 12.1. The summed E-state index contributed by atoms with van der Waals surface area (Å²) in [4.78, 5) is 21.8. The minimum Gasteiger partial charge on any atom is -0.143 e. The first-order valence-electron chi connectivity index (χ1n) is 6.07. The third kappa shape index (κ3) is 10.8. The van der Waals surface area contributed by atoms with E-state index in [2.05, 4.69) is 0 Å². The average Bonchev–Trinajstić information content (AvgIpc) is 1.83. The largest absolute Gasteiger partial charge is 0.459 e. The van der Waals surface area contributed by atoms with Gasteiger partial charge in [0.15, 0.2) is 0 Å². The second kappa shape index (κ2) is 5.94. The maximum absolute atomic E-state index is 5.79. The van der Waals surface area contributed by atoms with E-state index >= 15 is 0 Å². The van der Waals surface area contributed by atoms with Crippen LogP contribution in [0.1, 0.15) is 0 Å². The number of hydroxylamine groups is 8. The predicted molar refractivity (Wildman–Crippen MR) is 69.8 cm³/mol. The Morgan fingerprint density at radius 1 is 0.429 bits per heavy atom. The van der Waals surface area contributed by atoms with Crippen LogP contribution in [-0.4, -0.2) is 80.5 Å². The van der Waals surface area contributed by atoms with E-state index in [-0.39, 0.29) is 0 Å². The minimum absolute atomic E-state index is 0.542. The van der Waals surface area contributed by atoms with E-state index in [0.29, 0.717) is 0 Å². The molecule has 0 aromatic carbocycles. The van der Waals surface area contributed by atoms with E-state index < -0.39 is 24.2 Å². The summed E-state index contributed by atoms with van der Waals surface area (Å²) < 4.78 is -2.17. The molecule has 0 spiro atoms. The van der Waals surface area contributed by atoms with Crippen molar-refractivity contribution in [3.05, 3.63) is 0 Å². The fraction of sp³-hybridized carbons (Fsp3) is 1.00. The van der Waals surface area contributed by atoms with Gasteiger partial charge in [0.25, 0.3) is 0 Å². The van der Waals surface area contributed by atoms with Crippen molar-refractivity contribution in [1.29, 1.82) is 0 Å². The summed E-state index contributed by atoms with van der Waals surface area (Å²) in [5.41, 5.74) is 0. The van der Waals surface area contributed by atoms with Crippen LogP contribution < -0.4 is 23.4 Å². The van der Waals surface area contributed by atoms with Gasteiger partial charge in [-0.05, 0) is 19.0 Å². The average molecular weight is 318 g/mol. The van der Waals surface area contributed by atoms with Gasteiger partial charge in [-0.2, -0.15) is 0 Å². The lowest BCUT2D eigenvalue weighted by atomic mass is 11.1. The van der Waals surface area contributed by atoms with Crippen LogP contribution in [0.25, 0.3) is 0 Å². The number of rotatable bonds is 8. The van der Waals surface area contributed by atoms with Gasteiger partial charge >= 0.3 is 5.14 Å². The van der Waals surface area contributed by atoms with Crippen molar-refractivity contribution >= 4 is 0 Å². The highest BCUT2D eigenvalue weighted by molar-refractivity contribution is 3.73. The van der Waals surface area contributed by atoms with Crippen molar-refractivity contribution in [3.63, 3.8) is 0 Å². The summed E-state index contributed by atoms with van der Waals surface area (Å²) in [6, 6.07) is 0. The molecular weight excluding hydrogens is 286 g/mol. The lowest BCUT2D eigenvalue weighted by Gasteiger charge is -2.31. The van der Waals surface area contributed by atoms with Crippen LogP contribution in [-0.2, 0) is 19.8 Å². The number of hydrogen-bond acceptors (Lipinski definition) is 8. The Kier molecular flexibility index (Phi) is 5.79. The summed E-state index contributed by atoms with van der Waals surface area (Å²) >= 11 is 0. The molecule has 0 radical (unpaired) electrons. The van der Waals surface area contributed by atoms with Gasteiger partial charge in [-0.25, -0.2) is 0 Å². The number of nitrogens with zero attached hydrogens (tertiary/aromatic N) is 5. The van der Waals surface area contributed by atoms with Crippen molar-refractivity contribution in [2.24, 2.45) is 23.4 Å². The Morgan fingerprint density at radius 2 is 0.571 bits per heavy atom. The highest BCUT2D eigenvalue weighted by atomic mass is 17.5. The van der Waals surface area contributed by atoms with Crippen LogP contribution in [0, 0.1) is 0 Å². The maximum Gasteiger partial charge on any atom is 0.459 e. The maximum atomic E-state index is 5.79. The normalized spacial score (nSPS) is 15.4. The van der Waals surface area contributed by atoms with Gasteiger partial charge in [-0.1, -0.05) is 0 Å². The zero-order valence-electron chi connectivity index (χ0n) is 14.2. The van der Waals surface area contributed by atoms with Crippen LogP contribution in [0.4, 0.5) is 0 Å². The van der Waals surface area contributed by atoms with Gasteiger partial charge < -0.3 is 0 Å². The Morgan fingerprint density at radius 3 is 0.667 bits per heavy atom.